The van der Waals surface area contributed by atoms with Crippen molar-refractivity contribution in [1.82, 2.24) is 0 Å². The molecule has 0 aliphatic rings. The number of hydrogen-bond donors (Lipinski definition) is 2. The summed E-state index contributed by atoms with van der Waals surface area (Å²) in [4.78, 5) is 10.6. The topological polar surface area (TPSA) is 63.3 Å². The summed E-state index contributed by atoms with van der Waals surface area (Å²) in [5.74, 6) is -0.973. The molecule has 0 fully saturated rings. The first-order chi connectivity index (χ1) is 5.66. The standard InChI is InChI=1S/C8H8INO2/c9-4-5-2-1-3-6(7(5)10)8(11)12/h1-3H,4,10H2,(H,11,12). The molecule has 3 N–H and O–H groups in total. The Morgan fingerprint density at radius 1 is 1.58 bits per heavy atom. The zero-order valence-corrected chi connectivity index (χ0v) is 8.41. The van der Waals surface area contributed by atoms with E-state index in [1.54, 1.807) is 6.07 Å². The molecule has 0 saturated heterocycles. The van der Waals surface area contributed by atoms with Crippen molar-refractivity contribution in [3.8, 4) is 0 Å². The minimum Gasteiger partial charge on any atom is -0.478 e. The van der Waals surface area contributed by atoms with Crippen molar-refractivity contribution in [2.75, 3.05) is 5.73 Å². The normalized spacial score (nSPS) is 9.75. The van der Waals surface area contributed by atoms with Crippen molar-refractivity contribution in [3.63, 3.8) is 0 Å². The fourth-order valence-corrected chi connectivity index (χ4v) is 1.58. The lowest BCUT2D eigenvalue weighted by molar-refractivity contribution is 0.0698. The van der Waals surface area contributed by atoms with Gasteiger partial charge in [0.2, 0.25) is 0 Å². The zero-order valence-electron chi connectivity index (χ0n) is 6.25. The Labute approximate surface area is 83.7 Å². The maximum Gasteiger partial charge on any atom is 0.337 e. The predicted octanol–water partition coefficient (Wildman–Crippen LogP) is 1.90. The van der Waals surface area contributed by atoms with Crippen molar-refractivity contribution in [2.45, 2.75) is 4.43 Å². The smallest absolute Gasteiger partial charge is 0.337 e. The van der Waals surface area contributed by atoms with E-state index in [0.717, 1.165) is 9.99 Å². The second-order valence-corrected chi connectivity index (χ2v) is 3.08. The van der Waals surface area contributed by atoms with Crippen molar-refractivity contribution < 1.29 is 9.90 Å². The lowest BCUT2D eigenvalue weighted by atomic mass is 10.1. The van der Waals surface area contributed by atoms with Gasteiger partial charge in [0.05, 0.1) is 11.3 Å². The molecule has 1 rings (SSSR count). The molecule has 12 heavy (non-hydrogen) atoms. The van der Waals surface area contributed by atoms with Gasteiger partial charge >= 0.3 is 5.97 Å². The number of rotatable bonds is 2. The molecule has 0 heterocycles. The molecule has 3 nitrogen and oxygen atoms in total. The van der Waals surface area contributed by atoms with Gasteiger partial charge in [0, 0.05) is 4.43 Å². The minimum absolute atomic E-state index is 0.184. The summed E-state index contributed by atoms with van der Waals surface area (Å²) in [6, 6.07) is 5.04. The Bertz CT molecular complexity index is 312. The van der Waals surface area contributed by atoms with Gasteiger partial charge in [-0.1, -0.05) is 34.7 Å². The molecular formula is C8H8INO2. The van der Waals surface area contributed by atoms with Gasteiger partial charge in [-0.2, -0.15) is 0 Å². The molecule has 0 aliphatic carbocycles. The molecule has 1 aromatic rings. The highest BCUT2D eigenvalue weighted by atomic mass is 127. The van der Waals surface area contributed by atoms with Gasteiger partial charge in [0.25, 0.3) is 0 Å². The van der Waals surface area contributed by atoms with E-state index in [4.69, 9.17) is 10.8 Å². The second kappa shape index (κ2) is 3.75. The number of nitrogens with two attached hydrogens (primary N) is 1. The van der Waals surface area contributed by atoms with Crippen LogP contribution >= 0.6 is 22.6 Å². The number of alkyl halides is 1. The number of hydrogen-bond acceptors (Lipinski definition) is 2. The summed E-state index contributed by atoms with van der Waals surface area (Å²) < 4.78 is 0.727. The largest absolute Gasteiger partial charge is 0.478 e. The summed E-state index contributed by atoms with van der Waals surface area (Å²) in [5.41, 5.74) is 7.04. The molecule has 0 radical (unpaired) electrons. The Kier molecular flexibility index (Phi) is 2.91. The van der Waals surface area contributed by atoms with E-state index in [-0.39, 0.29) is 5.56 Å². The molecular weight excluding hydrogens is 269 g/mol. The van der Waals surface area contributed by atoms with E-state index in [0.29, 0.717) is 5.69 Å². The van der Waals surface area contributed by atoms with Crippen LogP contribution in [0.5, 0.6) is 0 Å². The Morgan fingerprint density at radius 2 is 2.25 bits per heavy atom. The lowest BCUT2D eigenvalue weighted by Crippen LogP contribution is -2.04. The average Bonchev–Trinajstić information content (AvgIpc) is 2.04. The number of aromatic carboxylic acids is 1. The van der Waals surface area contributed by atoms with E-state index in [9.17, 15) is 4.79 Å². The Balaban J connectivity index is 3.23. The SMILES string of the molecule is Nc1c(CI)cccc1C(=O)O. The number of carbonyl (C=O) groups is 1. The first-order valence-electron chi connectivity index (χ1n) is 3.33. The number of carboxylic acids is 1. The summed E-state index contributed by atoms with van der Waals surface area (Å²) in [5, 5.41) is 8.70. The minimum atomic E-state index is -0.973. The highest BCUT2D eigenvalue weighted by Crippen LogP contribution is 2.19. The molecule has 0 amide bonds. The van der Waals surface area contributed by atoms with Crippen molar-refractivity contribution >= 4 is 34.2 Å². The molecule has 0 spiro atoms. The van der Waals surface area contributed by atoms with Crippen LogP contribution < -0.4 is 5.73 Å². The lowest BCUT2D eigenvalue weighted by Gasteiger charge is -2.04. The third-order valence-corrected chi connectivity index (χ3v) is 2.39. The van der Waals surface area contributed by atoms with Gasteiger partial charge in [0.15, 0.2) is 0 Å². The number of benzene rings is 1. The maximum atomic E-state index is 10.6. The first kappa shape index (κ1) is 9.31. The number of nitrogen functional groups attached to an aromatic ring is 1. The van der Waals surface area contributed by atoms with Gasteiger partial charge in [-0.3, -0.25) is 0 Å². The third-order valence-electron chi connectivity index (χ3n) is 1.57. The molecule has 0 atom stereocenters. The Hall–Kier alpha value is -0.780. The van der Waals surface area contributed by atoms with Crippen LogP contribution in [0, 0.1) is 0 Å². The molecule has 0 aliphatic heterocycles. The van der Waals surface area contributed by atoms with Crippen LogP contribution in [0.4, 0.5) is 5.69 Å². The van der Waals surface area contributed by atoms with Crippen LogP contribution in [-0.4, -0.2) is 11.1 Å². The van der Waals surface area contributed by atoms with E-state index in [1.807, 2.05) is 6.07 Å². The maximum absolute atomic E-state index is 10.6. The van der Waals surface area contributed by atoms with E-state index in [2.05, 4.69) is 22.6 Å². The third kappa shape index (κ3) is 1.69. The summed E-state index contributed by atoms with van der Waals surface area (Å²) >= 11 is 2.15. The molecule has 1 aromatic carbocycles. The summed E-state index contributed by atoms with van der Waals surface area (Å²) in [6.07, 6.45) is 0. The molecule has 0 saturated carbocycles. The van der Waals surface area contributed by atoms with E-state index in [1.165, 1.54) is 6.07 Å². The highest BCUT2D eigenvalue weighted by Gasteiger charge is 2.09. The van der Waals surface area contributed by atoms with Crippen molar-refractivity contribution in [1.29, 1.82) is 0 Å². The van der Waals surface area contributed by atoms with Crippen LogP contribution in [0.3, 0.4) is 0 Å². The summed E-state index contributed by atoms with van der Waals surface area (Å²) in [6.45, 7) is 0. The van der Waals surface area contributed by atoms with Gasteiger partial charge < -0.3 is 10.8 Å². The van der Waals surface area contributed by atoms with Gasteiger partial charge in [0.1, 0.15) is 0 Å². The molecule has 4 heteroatoms. The van der Waals surface area contributed by atoms with Crippen molar-refractivity contribution in [3.05, 3.63) is 29.3 Å². The van der Waals surface area contributed by atoms with Crippen molar-refractivity contribution in [2.24, 2.45) is 0 Å². The van der Waals surface area contributed by atoms with Gasteiger partial charge in [-0.25, -0.2) is 4.79 Å². The number of carboxylic acid groups (broad SMARTS) is 1. The predicted molar refractivity (Wildman–Crippen MR) is 55.5 cm³/mol. The molecule has 64 valence electrons. The van der Waals surface area contributed by atoms with Crippen LogP contribution in [0.25, 0.3) is 0 Å². The molecule has 0 bridgehead atoms. The molecule has 0 aromatic heterocycles. The Morgan fingerprint density at radius 3 is 2.75 bits per heavy atom. The van der Waals surface area contributed by atoms with Crippen LogP contribution in [-0.2, 0) is 4.43 Å². The monoisotopic (exact) mass is 277 g/mol. The highest BCUT2D eigenvalue weighted by molar-refractivity contribution is 14.1. The zero-order chi connectivity index (χ0) is 9.14. The quantitative estimate of drug-likeness (QED) is 0.493. The summed E-state index contributed by atoms with van der Waals surface area (Å²) in [7, 11) is 0. The van der Waals surface area contributed by atoms with Crippen LogP contribution in [0.1, 0.15) is 15.9 Å². The fraction of sp³-hybridized carbons (Fsp3) is 0.125. The van der Waals surface area contributed by atoms with E-state index >= 15 is 0 Å². The number of para-hydroxylation sites is 1. The van der Waals surface area contributed by atoms with Crippen LogP contribution in [0.15, 0.2) is 18.2 Å². The van der Waals surface area contributed by atoms with Gasteiger partial charge in [-0.15, -0.1) is 0 Å². The number of halogens is 1. The van der Waals surface area contributed by atoms with Crippen LogP contribution in [0.2, 0.25) is 0 Å². The second-order valence-electron chi connectivity index (χ2n) is 2.32. The number of anilines is 1. The molecule has 0 unspecified atom stereocenters. The first-order valence-corrected chi connectivity index (χ1v) is 4.86. The fourth-order valence-electron chi connectivity index (χ4n) is 0.916. The van der Waals surface area contributed by atoms with Gasteiger partial charge in [-0.05, 0) is 11.6 Å². The van der Waals surface area contributed by atoms with E-state index < -0.39 is 5.97 Å². The average molecular weight is 277 g/mol.